The molecule has 0 saturated heterocycles. The first kappa shape index (κ1) is 15.5. The number of halogens is 1. The summed E-state index contributed by atoms with van der Waals surface area (Å²) in [5.41, 5.74) is 7.01. The number of ether oxygens (including phenoxy) is 1. The maximum atomic E-state index is 11.7. The van der Waals surface area contributed by atoms with Gasteiger partial charge in [-0.05, 0) is 50.1 Å². The van der Waals surface area contributed by atoms with Crippen LogP contribution in [0.15, 0.2) is 24.8 Å². The fourth-order valence-corrected chi connectivity index (χ4v) is 1.66. The number of benzene rings is 1. The molecule has 0 atom stereocenters. The third kappa shape index (κ3) is 4.93. The number of hydrogen-bond acceptors (Lipinski definition) is 3. The predicted octanol–water partition coefficient (Wildman–Crippen LogP) is 3.66. The quantitative estimate of drug-likeness (QED) is 0.889. The average molecular weight is 283 g/mol. The average Bonchev–Trinajstić information content (AvgIpc) is 2.28. The van der Waals surface area contributed by atoms with E-state index < -0.39 is 11.7 Å². The summed E-state index contributed by atoms with van der Waals surface area (Å²) in [5.74, 6) is 0. The van der Waals surface area contributed by atoms with Crippen molar-refractivity contribution in [2.75, 3.05) is 11.9 Å². The van der Waals surface area contributed by atoms with Gasteiger partial charge in [-0.15, -0.1) is 0 Å². The number of anilines is 1. The number of amides is 1. The summed E-state index contributed by atoms with van der Waals surface area (Å²) < 4.78 is 5.17. The van der Waals surface area contributed by atoms with Crippen LogP contribution in [0.2, 0.25) is 5.02 Å². The van der Waals surface area contributed by atoms with Crippen LogP contribution in [-0.4, -0.2) is 18.2 Å². The minimum atomic E-state index is -0.541. The highest BCUT2D eigenvalue weighted by atomic mass is 35.5. The van der Waals surface area contributed by atoms with Gasteiger partial charge in [0.2, 0.25) is 0 Å². The lowest BCUT2D eigenvalue weighted by Gasteiger charge is -2.20. The first-order valence-electron chi connectivity index (χ1n) is 5.90. The Balaban J connectivity index is 2.86. The minimum absolute atomic E-state index is 0.301. The molecule has 0 spiro atoms. The Hall–Kier alpha value is -1.52. The lowest BCUT2D eigenvalue weighted by molar-refractivity contribution is 0.0636. The Kier molecular flexibility index (Phi) is 4.97. The van der Waals surface area contributed by atoms with Crippen LogP contribution in [0.4, 0.5) is 10.5 Å². The molecule has 0 aliphatic rings. The smallest absolute Gasteiger partial charge is 0.412 e. The number of nitrogens with one attached hydrogen (secondary N) is 1. The van der Waals surface area contributed by atoms with Crippen molar-refractivity contribution in [3.63, 3.8) is 0 Å². The van der Waals surface area contributed by atoms with E-state index >= 15 is 0 Å². The lowest BCUT2D eigenvalue weighted by Crippen LogP contribution is -2.27. The van der Waals surface area contributed by atoms with Crippen molar-refractivity contribution < 1.29 is 9.53 Å². The van der Waals surface area contributed by atoms with Crippen molar-refractivity contribution >= 4 is 29.0 Å². The van der Waals surface area contributed by atoms with Gasteiger partial charge in [-0.1, -0.05) is 18.2 Å². The normalized spacial score (nSPS) is 11.0. The molecule has 0 aliphatic heterocycles. The topological polar surface area (TPSA) is 64.3 Å². The van der Waals surface area contributed by atoms with Gasteiger partial charge in [0.25, 0.3) is 0 Å². The van der Waals surface area contributed by atoms with Crippen molar-refractivity contribution in [2.45, 2.75) is 26.4 Å². The molecule has 0 unspecified atom stereocenters. The van der Waals surface area contributed by atoms with E-state index in [4.69, 9.17) is 22.1 Å². The molecule has 104 valence electrons. The summed E-state index contributed by atoms with van der Waals surface area (Å²) in [6.07, 6.45) is -0.515. The number of nitrogens with two attached hydrogens (primary N) is 1. The van der Waals surface area contributed by atoms with Gasteiger partial charge >= 0.3 is 6.09 Å². The summed E-state index contributed by atoms with van der Waals surface area (Å²) in [5, 5.41) is 3.19. The van der Waals surface area contributed by atoms with Crippen LogP contribution in [0.25, 0.3) is 5.57 Å². The Morgan fingerprint density at radius 1 is 1.47 bits per heavy atom. The molecule has 1 amide bonds. The molecule has 0 aliphatic carbocycles. The predicted molar refractivity (Wildman–Crippen MR) is 79.4 cm³/mol. The second kappa shape index (κ2) is 6.08. The van der Waals surface area contributed by atoms with Gasteiger partial charge in [0.1, 0.15) is 5.60 Å². The van der Waals surface area contributed by atoms with Gasteiger partial charge in [0.15, 0.2) is 0 Å². The second-order valence-corrected chi connectivity index (χ2v) is 5.54. The van der Waals surface area contributed by atoms with Crippen LogP contribution >= 0.6 is 11.6 Å². The van der Waals surface area contributed by atoms with E-state index in [1.54, 1.807) is 39.0 Å². The zero-order valence-corrected chi connectivity index (χ0v) is 12.2. The van der Waals surface area contributed by atoms with E-state index in [1.807, 2.05) is 0 Å². The van der Waals surface area contributed by atoms with E-state index in [9.17, 15) is 4.79 Å². The largest absolute Gasteiger partial charge is 0.444 e. The van der Waals surface area contributed by atoms with Crippen molar-refractivity contribution in [3.8, 4) is 0 Å². The van der Waals surface area contributed by atoms with Crippen LogP contribution in [-0.2, 0) is 4.74 Å². The fourth-order valence-electron chi connectivity index (χ4n) is 1.41. The van der Waals surface area contributed by atoms with Crippen LogP contribution in [0.3, 0.4) is 0 Å². The zero-order chi connectivity index (χ0) is 14.6. The lowest BCUT2D eigenvalue weighted by atomic mass is 10.1. The highest BCUT2D eigenvalue weighted by Crippen LogP contribution is 2.26. The number of hydrogen-bond donors (Lipinski definition) is 2. The molecule has 1 rings (SSSR count). The number of rotatable bonds is 3. The molecule has 1 aromatic rings. The maximum Gasteiger partial charge on any atom is 0.412 e. The molecule has 5 heteroatoms. The summed E-state index contributed by atoms with van der Waals surface area (Å²) in [7, 11) is 0. The van der Waals surface area contributed by atoms with Gasteiger partial charge in [0, 0.05) is 17.3 Å². The zero-order valence-electron chi connectivity index (χ0n) is 11.4. The number of carbonyl (C=O) groups excluding carboxylic acids is 1. The Morgan fingerprint density at radius 3 is 2.63 bits per heavy atom. The Morgan fingerprint density at radius 2 is 2.11 bits per heavy atom. The van der Waals surface area contributed by atoms with Crippen LogP contribution in [0.5, 0.6) is 0 Å². The molecule has 1 aromatic carbocycles. The standard InChI is InChI=1S/C14H19ClN2O2/c1-9(8-16)11-7-10(5-6-12(11)15)17-13(18)19-14(2,3)4/h5-7H,1,8,16H2,2-4H3,(H,17,18). The third-order valence-corrected chi connectivity index (χ3v) is 2.57. The SMILES string of the molecule is C=C(CN)c1cc(NC(=O)OC(C)(C)C)ccc1Cl. The molecule has 0 aromatic heterocycles. The summed E-state index contributed by atoms with van der Waals surface area (Å²) in [6, 6.07) is 5.10. The first-order valence-corrected chi connectivity index (χ1v) is 6.28. The summed E-state index contributed by atoms with van der Waals surface area (Å²) in [6.45, 7) is 9.54. The highest BCUT2D eigenvalue weighted by Gasteiger charge is 2.16. The van der Waals surface area contributed by atoms with Crippen molar-refractivity contribution in [3.05, 3.63) is 35.4 Å². The first-order chi connectivity index (χ1) is 8.73. The summed E-state index contributed by atoms with van der Waals surface area (Å²) in [4.78, 5) is 11.7. The molecule has 0 radical (unpaired) electrons. The Labute approximate surface area is 118 Å². The second-order valence-electron chi connectivity index (χ2n) is 5.13. The minimum Gasteiger partial charge on any atom is -0.444 e. The molecule has 4 nitrogen and oxygen atoms in total. The maximum absolute atomic E-state index is 11.7. The molecule has 19 heavy (non-hydrogen) atoms. The van der Waals surface area contributed by atoms with Crippen molar-refractivity contribution in [2.24, 2.45) is 5.73 Å². The highest BCUT2D eigenvalue weighted by molar-refractivity contribution is 6.32. The molecule has 0 heterocycles. The molecular formula is C14H19ClN2O2. The van der Waals surface area contributed by atoms with Crippen molar-refractivity contribution in [1.82, 2.24) is 0 Å². The van der Waals surface area contributed by atoms with E-state index in [1.165, 1.54) is 0 Å². The Bertz CT molecular complexity index is 493. The molecular weight excluding hydrogens is 264 g/mol. The van der Waals surface area contributed by atoms with Crippen LogP contribution in [0.1, 0.15) is 26.3 Å². The van der Waals surface area contributed by atoms with Crippen LogP contribution < -0.4 is 11.1 Å². The fraction of sp³-hybridized carbons (Fsp3) is 0.357. The van der Waals surface area contributed by atoms with E-state index in [0.717, 1.165) is 5.56 Å². The molecule has 3 N–H and O–H groups in total. The van der Waals surface area contributed by atoms with Gasteiger partial charge in [-0.3, -0.25) is 5.32 Å². The van der Waals surface area contributed by atoms with E-state index in [0.29, 0.717) is 22.8 Å². The van der Waals surface area contributed by atoms with Gasteiger partial charge < -0.3 is 10.5 Å². The van der Waals surface area contributed by atoms with E-state index in [2.05, 4.69) is 11.9 Å². The monoisotopic (exact) mass is 282 g/mol. The molecule has 0 bridgehead atoms. The number of carbonyl (C=O) groups is 1. The molecule has 0 fully saturated rings. The van der Waals surface area contributed by atoms with Gasteiger partial charge in [0.05, 0.1) is 0 Å². The van der Waals surface area contributed by atoms with Crippen molar-refractivity contribution in [1.29, 1.82) is 0 Å². The van der Waals surface area contributed by atoms with E-state index in [-0.39, 0.29) is 0 Å². The van der Waals surface area contributed by atoms with Crippen LogP contribution in [0, 0.1) is 0 Å². The third-order valence-electron chi connectivity index (χ3n) is 2.24. The van der Waals surface area contributed by atoms with Gasteiger partial charge in [-0.2, -0.15) is 0 Å². The molecule has 0 saturated carbocycles. The summed E-state index contributed by atoms with van der Waals surface area (Å²) >= 11 is 6.05. The van der Waals surface area contributed by atoms with Gasteiger partial charge in [-0.25, -0.2) is 4.79 Å².